The predicted molar refractivity (Wildman–Crippen MR) is 89.3 cm³/mol. The van der Waals surface area contributed by atoms with Crippen molar-refractivity contribution in [1.29, 1.82) is 0 Å². The van der Waals surface area contributed by atoms with Crippen molar-refractivity contribution >= 4 is 6.03 Å². The van der Waals surface area contributed by atoms with E-state index in [0.29, 0.717) is 13.1 Å². The topological polar surface area (TPSA) is 72.3 Å². The van der Waals surface area contributed by atoms with E-state index >= 15 is 0 Å². The number of likely N-dealkylation sites (tertiary alicyclic amines) is 1. The predicted octanol–water partition coefficient (Wildman–Crippen LogP) is 1.36. The van der Waals surface area contributed by atoms with Crippen LogP contribution in [0.5, 0.6) is 0 Å². The summed E-state index contributed by atoms with van der Waals surface area (Å²) in [7, 11) is 3.60. The molecule has 2 aromatic heterocycles. The van der Waals surface area contributed by atoms with Crippen molar-refractivity contribution in [2.24, 2.45) is 7.05 Å². The SMILES string of the molecule is CO[C@@H]1CCN(C(=O)NCc2cccnc2)[C@@H]1Cc1cnn(C)c1. The van der Waals surface area contributed by atoms with E-state index in [0.717, 1.165) is 24.0 Å². The molecule has 0 spiro atoms. The number of methoxy groups -OCH3 is 1. The van der Waals surface area contributed by atoms with Crippen LogP contribution >= 0.6 is 0 Å². The van der Waals surface area contributed by atoms with Gasteiger partial charge in [-0.3, -0.25) is 9.67 Å². The third-order valence-corrected chi connectivity index (χ3v) is 4.42. The molecule has 1 N–H and O–H groups in total. The highest BCUT2D eigenvalue weighted by atomic mass is 16.5. The molecule has 24 heavy (non-hydrogen) atoms. The minimum absolute atomic E-state index is 0.0214. The van der Waals surface area contributed by atoms with Gasteiger partial charge in [0, 0.05) is 45.8 Å². The van der Waals surface area contributed by atoms with Crippen molar-refractivity contribution in [2.75, 3.05) is 13.7 Å². The first-order valence-electron chi connectivity index (χ1n) is 8.11. The lowest BCUT2D eigenvalue weighted by Crippen LogP contribution is -2.46. The summed E-state index contributed by atoms with van der Waals surface area (Å²) in [4.78, 5) is 18.5. The second-order valence-corrected chi connectivity index (χ2v) is 6.07. The Morgan fingerprint density at radius 2 is 2.29 bits per heavy atom. The number of hydrogen-bond donors (Lipinski definition) is 1. The molecule has 128 valence electrons. The molecule has 3 rings (SSSR count). The molecule has 1 aliphatic rings. The number of carbonyl (C=O) groups is 1. The summed E-state index contributed by atoms with van der Waals surface area (Å²) in [6.45, 7) is 1.17. The van der Waals surface area contributed by atoms with Gasteiger partial charge >= 0.3 is 6.03 Å². The molecule has 2 atom stereocenters. The standard InChI is InChI=1S/C17H23N5O2/c1-21-12-14(11-20-21)8-15-16(24-2)5-7-22(15)17(23)19-10-13-4-3-6-18-9-13/h3-4,6,9,11-12,15-16H,5,7-8,10H2,1-2H3,(H,19,23)/t15-,16-/m1/s1. The molecule has 2 amide bonds. The van der Waals surface area contributed by atoms with Crippen LogP contribution in [0.2, 0.25) is 0 Å². The number of hydrogen-bond acceptors (Lipinski definition) is 4. The number of carbonyl (C=O) groups excluding carboxylic acids is 1. The summed E-state index contributed by atoms with van der Waals surface area (Å²) in [5.74, 6) is 0. The molecule has 7 nitrogen and oxygen atoms in total. The molecule has 7 heteroatoms. The van der Waals surface area contributed by atoms with Gasteiger partial charge in [-0.25, -0.2) is 4.79 Å². The Morgan fingerprint density at radius 3 is 2.96 bits per heavy atom. The molecule has 1 saturated heterocycles. The number of nitrogens with one attached hydrogen (secondary N) is 1. The molecular formula is C17H23N5O2. The Kier molecular flexibility index (Phi) is 5.10. The monoisotopic (exact) mass is 329 g/mol. The van der Waals surface area contributed by atoms with Crippen LogP contribution in [0.4, 0.5) is 4.79 Å². The number of aromatic nitrogens is 3. The zero-order chi connectivity index (χ0) is 16.9. The summed E-state index contributed by atoms with van der Waals surface area (Å²) in [5.41, 5.74) is 2.09. The lowest BCUT2D eigenvalue weighted by molar-refractivity contribution is 0.0724. The molecule has 1 fully saturated rings. The van der Waals surface area contributed by atoms with Gasteiger partial charge in [-0.2, -0.15) is 5.10 Å². The van der Waals surface area contributed by atoms with Gasteiger partial charge in [0.25, 0.3) is 0 Å². The van der Waals surface area contributed by atoms with E-state index in [-0.39, 0.29) is 18.2 Å². The van der Waals surface area contributed by atoms with Gasteiger partial charge in [0.2, 0.25) is 0 Å². The maximum atomic E-state index is 12.6. The third kappa shape index (κ3) is 3.73. The highest BCUT2D eigenvalue weighted by Gasteiger charge is 2.37. The molecule has 0 saturated carbocycles. The van der Waals surface area contributed by atoms with Gasteiger partial charge < -0.3 is 15.0 Å². The highest BCUT2D eigenvalue weighted by Crippen LogP contribution is 2.24. The fourth-order valence-corrected chi connectivity index (χ4v) is 3.19. The third-order valence-electron chi connectivity index (χ3n) is 4.42. The van der Waals surface area contributed by atoms with Crippen LogP contribution < -0.4 is 5.32 Å². The second-order valence-electron chi connectivity index (χ2n) is 6.07. The minimum Gasteiger partial charge on any atom is -0.379 e. The average Bonchev–Trinajstić information content (AvgIpc) is 3.20. The number of aryl methyl sites for hydroxylation is 1. The molecule has 3 heterocycles. The van der Waals surface area contributed by atoms with E-state index in [4.69, 9.17) is 4.74 Å². The summed E-state index contributed by atoms with van der Waals surface area (Å²) in [6.07, 6.45) is 8.95. The first-order valence-corrected chi connectivity index (χ1v) is 8.11. The quantitative estimate of drug-likeness (QED) is 0.899. The van der Waals surface area contributed by atoms with Gasteiger partial charge in [-0.05, 0) is 30.0 Å². The van der Waals surface area contributed by atoms with Crippen molar-refractivity contribution in [3.05, 3.63) is 48.0 Å². The molecule has 0 unspecified atom stereocenters. The Hall–Kier alpha value is -2.41. The average molecular weight is 329 g/mol. The largest absolute Gasteiger partial charge is 0.379 e. The van der Waals surface area contributed by atoms with Crippen LogP contribution in [-0.4, -0.2) is 51.5 Å². The van der Waals surface area contributed by atoms with E-state index in [1.807, 2.05) is 36.5 Å². The molecule has 0 aromatic carbocycles. The smallest absolute Gasteiger partial charge is 0.318 e. The van der Waals surface area contributed by atoms with Gasteiger partial charge in [0.05, 0.1) is 18.3 Å². The lowest BCUT2D eigenvalue weighted by atomic mass is 10.0. The van der Waals surface area contributed by atoms with Gasteiger partial charge in [0.15, 0.2) is 0 Å². The number of pyridine rings is 1. The van der Waals surface area contributed by atoms with Crippen molar-refractivity contribution in [3.8, 4) is 0 Å². The normalized spacial score (nSPS) is 20.3. The van der Waals surface area contributed by atoms with Gasteiger partial charge in [-0.1, -0.05) is 6.07 Å². The molecule has 2 aromatic rings. The van der Waals surface area contributed by atoms with Gasteiger partial charge in [0.1, 0.15) is 0 Å². The Labute approximate surface area is 141 Å². The van der Waals surface area contributed by atoms with Crippen LogP contribution in [0.15, 0.2) is 36.9 Å². The first kappa shape index (κ1) is 16.4. The van der Waals surface area contributed by atoms with E-state index in [1.54, 1.807) is 24.2 Å². The van der Waals surface area contributed by atoms with Crippen LogP contribution in [0, 0.1) is 0 Å². The van der Waals surface area contributed by atoms with Gasteiger partial charge in [-0.15, -0.1) is 0 Å². The number of rotatable bonds is 5. The van der Waals surface area contributed by atoms with Crippen LogP contribution in [0.1, 0.15) is 17.5 Å². The van der Waals surface area contributed by atoms with Crippen molar-refractivity contribution < 1.29 is 9.53 Å². The maximum absolute atomic E-state index is 12.6. The zero-order valence-electron chi connectivity index (χ0n) is 14.1. The van der Waals surface area contributed by atoms with E-state index in [2.05, 4.69) is 15.4 Å². The van der Waals surface area contributed by atoms with Crippen molar-refractivity contribution in [2.45, 2.75) is 31.5 Å². The Bertz CT molecular complexity index is 673. The molecule has 0 bridgehead atoms. The van der Waals surface area contributed by atoms with Crippen LogP contribution in [0.3, 0.4) is 0 Å². The fourth-order valence-electron chi connectivity index (χ4n) is 3.19. The molecular weight excluding hydrogens is 306 g/mol. The van der Waals surface area contributed by atoms with Crippen LogP contribution in [-0.2, 0) is 24.8 Å². The van der Waals surface area contributed by atoms with Crippen LogP contribution in [0.25, 0.3) is 0 Å². The second kappa shape index (κ2) is 7.44. The first-order chi connectivity index (χ1) is 11.7. The number of nitrogens with zero attached hydrogens (tertiary/aromatic N) is 4. The Balaban J connectivity index is 1.64. The lowest BCUT2D eigenvalue weighted by Gasteiger charge is -2.27. The Morgan fingerprint density at radius 1 is 1.42 bits per heavy atom. The summed E-state index contributed by atoms with van der Waals surface area (Å²) in [6, 6.07) is 3.77. The van der Waals surface area contributed by atoms with Crippen molar-refractivity contribution in [1.82, 2.24) is 25.0 Å². The zero-order valence-corrected chi connectivity index (χ0v) is 14.1. The summed E-state index contributed by atoms with van der Waals surface area (Å²) >= 11 is 0. The maximum Gasteiger partial charge on any atom is 0.318 e. The van der Waals surface area contributed by atoms with Crippen molar-refractivity contribution in [3.63, 3.8) is 0 Å². The highest BCUT2D eigenvalue weighted by molar-refractivity contribution is 5.75. The molecule has 1 aliphatic heterocycles. The van der Waals surface area contributed by atoms with E-state index < -0.39 is 0 Å². The van der Waals surface area contributed by atoms with E-state index in [1.165, 1.54) is 0 Å². The summed E-state index contributed by atoms with van der Waals surface area (Å²) < 4.78 is 7.36. The molecule has 0 radical (unpaired) electrons. The number of urea groups is 1. The molecule has 0 aliphatic carbocycles. The fraction of sp³-hybridized carbons (Fsp3) is 0.471. The number of amides is 2. The summed E-state index contributed by atoms with van der Waals surface area (Å²) in [5, 5.41) is 7.18. The van der Waals surface area contributed by atoms with E-state index in [9.17, 15) is 4.79 Å². The number of ether oxygens (including phenoxy) is 1. The minimum atomic E-state index is -0.0627.